The number of cyclic esters (lactones) is 4. The summed E-state index contributed by atoms with van der Waals surface area (Å²) in [5.74, 6) is -1.90. The van der Waals surface area contributed by atoms with E-state index in [0.717, 1.165) is 12.2 Å². The Kier molecular flexibility index (Phi) is 8.12. The molecule has 0 amide bonds. The van der Waals surface area contributed by atoms with Gasteiger partial charge in [0.1, 0.15) is 0 Å². The highest BCUT2D eigenvalue weighted by Crippen LogP contribution is 2.23. The molecular weight excluding hydrogens is 264 g/mol. The monoisotopic (exact) mass is 284 g/mol. The minimum atomic E-state index is -0.579. The van der Waals surface area contributed by atoms with Gasteiger partial charge in [0.15, 0.2) is 0 Å². The van der Waals surface area contributed by atoms with Gasteiger partial charge in [0, 0.05) is 12.2 Å². The minimum Gasteiger partial charge on any atom is -0.393 e. The summed E-state index contributed by atoms with van der Waals surface area (Å²) in [6.45, 7) is 8.06. The Labute approximate surface area is 118 Å². The van der Waals surface area contributed by atoms with Crippen molar-refractivity contribution in [3.8, 4) is 0 Å². The SMILES string of the molecule is CC(C)C1CC(=O)OC1=O.CCC.O=C1C=CC(=O)O1. The summed E-state index contributed by atoms with van der Waals surface area (Å²) in [4.78, 5) is 41.2. The van der Waals surface area contributed by atoms with Gasteiger partial charge in [-0.25, -0.2) is 9.59 Å². The number of hydrogen-bond acceptors (Lipinski definition) is 6. The molecule has 0 aromatic heterocycles. The maximum absolute atomic E-state index is 10.8. The molecule has 1 saturated heterocycles. The van der Waals surface area contributed by atoms with Crippen molar-refractivity contribution in [1.82, 2.24) is 0 Å². The zero-order chi connectivity index (χ0) is 15.7. The first kappa shape index (κ1) is 18.0. The van der Waals surface area contributed by atoms with Crippen molar-refractivity contribution in [1.29, 1.82) is 0 Å². The Morgan fingerprint density at radius 2 is 1.50 bits per heavy atom. The summed E-state index contributed by atoms with van der Waals surface area (Å²) in [7, 11) is 0. The number of esters is 4. The lowest BCUT2D eigenvalue weighted by Gasteiger charge is -2.06. The standard InChI is InChI=1S/C7H10O3.C4H2O3.C3H8/c1-4(2)5-3-6(8)10-7(5)9;5-3-1-2-4(6)7-3;1-3-2/h4-5H,3H2,1-2H3;1-2H;3H2,1-2H3. The summed E-state index contributed by atoms with van der Waals surface area (Å²) in [5.41, 5.74) is 0. The van der Waals surface area contributed by atoms with E-state index in [1.165, 1.54) is 6.42 Å². The van der Waals surface area contributed by atoms with E-state index in [9.17, 15) is 19.2 Å². The van der Waals surface area contributed by atoms with E-state index in [-0.39, 0.29) is 30.2 Å². The Hall–Kier alpha value is -1.98. The van der Waals surface area contributed by atoms with Gasteiger partial charge in [-0.3, -0.25) is 9.59 Å². The van der Waals surface area contributed by atoms with E-state index in [0.29, 0.717) is 0 Å². The van der Waals surface area contributed by atoms with Crippen molar-refractivity contribution in [3.63, 3.8) is 0 Å². The van der Waals surface area contributed by atoms with Crippen LogP contribution < -0.4 is 0 Å². The van der Waals surface area contributed by atoms with Crippen LogP contribution in [-0.4, -0.2) is 23.9 Å². The predicted octanol–water partition coefficient (Wildman–Crippen LogP) is 1.77. The molecule has 0 aromatic rings. The molecule has 2 aliphatic heterocycles. The molecule has 0 saturated carbocycles. The molecular formula is C14H20O6. The smallest absolute Gasteiger partial charge is 0.338 e. The summed E-state index contributed by atoms with van der Waals surface area (Å²) < 4.78 is 8.33. The molecule has 2 heterocycles. The van der Waals surface area contributed by atoms with Gasteiger partial charge >= 0.3 is 23.9 Å². The molecule has 1 atom stereocenters. The van der Waals surface area contributed by atoms with E-state index in [4.69, 9.17) is 0 Å². The second kappa shape index (κ2) is 9.01. The maximum Gasteiger partial charge on any atom is 0.338 e. The number of rotatable bonds is 1. The van der Waals surface area contributed by atoms with Crippen molar-refractivity contribution in [2.24, 2.45) is 11.8 Å². The molecule has 0 radical (unpaired) electrons. The first-order valence-electron chi connectivity index (χ1n) is 6.50. The number of hydrogen-bond donors (Lipinski definition) is 0. The van der Waals surface area contributed by atoms with Gasteiger partial charge in [0.05, 0.1) is 12.3 Å². The average molecular weight is 284 g/mol. The third kappa shape index (κ3) is 6.82. The number of carbonyl (C=O) groups is 4. The lowest BCUT2D eigenvalue weighted by molar-refractivity contribution is -0.154. The topological polar surface area (TPSA) is 86.7 Å². The Morgan fingerprint density at radius 1 is 1.05 bits per heavy atom. The van der Waals surface area contributed by atoms with E-state index in [2.05, 4.69) is 23.3 Å². The fraction of sp³-hybridized carbons (Fsp3) is 0.571. The van der Waals surface area contributed by atoms with Crippen molar-refractivity contribution in [2.75, 3.05) is 0 Å². The van der Waals surface area contributed by atoms with Crippen molar-refractivity contribution in [2.45, 2.75) is 40.5 Å². The van der Waals surface area contributed by atoms with Crippen LogP contribution in [0.5, 0.6) is 0 Å². The molecule has 1 fully saturated rings. The summed E-state index contributed by atoms with van der Waals surface area (Å²) >= 11 is 0. The van der Waals surface area contributed by atoms with Crippen LogP contribution in [0.25, 0.3) is 0 Å². The lowest BCUT2D eigenvalue weighted by atomic mass is 9.95. The van der Waals surface area contributed by atoms with Gasteiger partial charge in [-0.05, 0) is 5.92 Å². The van der Waals surface area contributed by atoms with Crippen LogP contribution in [0, 0.1) is 11.8 Å². The zero-order valence-corrected chi connectivity index (χ0v) is 12.2. The molecule has 112 valence electrons. The van der Waals surface area contributed by atoms with Crippen LogP contribution in [0.2, 0.25) is 0 Å². The Morgan fingerprint density at radius 3 is 1.65 bits per heavy atom. The first-order valence-corrected chi connectivity index (χ1v) is 6.50. The summed E-state index contributed by atoms with van der Waals surface area (Å²) in [5, 5.41) is 0. The lowest BCUT2D eigenvalue weighted by Crippen LogP contribution is -2.13. The molecule has 0 aliphatic carbocycles. The van der Waals surface area contributed by atoms with Crippen LogP contribution >= 0.6 is 0 Å². The molecule has 2 aliphatic rings. The average Bonchev–Trinajstić information content (AvgIpc) is 2.86. The molecule has 0 spiro atoms. The Balaban J connectivity index is 0.000000315. The third-order valence-electron chi connectivity index (χ3n) is 2.27. The molecule has 0 bridgehead atoms. The molecule has 2 rings (SSSR count). The van der Waals surface area contributed by atoms with Crippen LogP contribution in [0.1, 0.15) is 40.5 Å². The third-order valence-corrected chi connectivity index (χ3v) is 2.27. The van der Waals surface area contributed by atoms with E-state index in [1.54, 1.807) is 0 Å². The number of ether oxygens (including phenoxy) is 2. The predicted molar refractivity (Wildman–Crippen MR) is 70.2 cm³/mol. The highest BCUT2D eigenvalue weighted by molar-refractivity contribution is 6.04. The second-order valence-corrected chi connectivity index (χ2v) is 4.63. The highest BCUT2D eigenvalue weighted by Gasteiger charge is 2.35. The summed E-state index contributed by atoms with van der Waals surface area (Å²) in [6, 6.07) is 0. The second-order valence-electron chi connectivity index (χ2n) is 4.63. The van der Waals surface area contributed by atoms with E-state index in [1.807, 2.05) is 13.8 Å². The molecule has 20 heavy (non-hydrogen) atoms. The summed E-state index contributed by atoms with van der Waals surface area (Å²) in [6.07, 6.45) is 3.68. The van der Waals surface area contributed by atoms with Crippen LogP contribution in [0.15, 0.2) is 12.2 Å². The zero-order valence-electron chi connectivity index (χ0n) is 12.2. The molecule has 0 N–H and O–H groups in total. The van der Waals surface area contributed by atoms with Crippen LogP contribution in [-0.2, 0) is 28.7 Å². The van der Waals surface area contributed by atoms with Gasteiger partial charge < -0.3 is 9.47 Å². The Bertz CT molecular complexity index is 392. The van der Waals surface area contributed by atoms with Crippen molar-refractivity contribution >= 4 is 23.9 Å². The van der Waals surface area contributed by atoms with Gasteiger partial charge in [0.2, 0.25) is 0 Å². The normalized spacial score (nSPS) is 19.9. The van der Waals surface area contributed by atoms with Gasteiger partial charge in [-0.1, -0.05) is 34.1 Å². The number of carbonyl (C=O) groups excluding carboxylic acids is 4. The molecule has 0 aromatic carbocycles. The maximum atomic E-state index is 10.8. The van der Waals surface area contributed by atoms with E-state index < -0.39 is 11.9 Å². The van der Waals surface area contributed by atoms with Crippen molar-refractivity contribution < 1.29 is 28.7 Å². The van der Waals surface area contributed by atoms with Crippen LogP contribution in [0.3, 0.4) is 0 Å². The van der Waals surface area contributed by atoms with Gasteiger partial charge in [-0.15, -0.1) is 0 Å². The fourth-order valence-electron chi connectivity index (χ4n) is 1.30. The minimum absolute atomic E-state index is 0.201. The van der Waals surface area contributed by atoms with Crippen LogP contribution in [0.4, 0.5) is 0 Å². The quantitative estimate of drug-likeness (QED) is 0.539. The van der Waals surface area contributed by atoms with Gasteiger partial charge in [-0.2, -0.15) is 0 Å². The fourth-order valence-corrected chi connectivity index (χ4v) is 1.30. The molecule has 1 unspecified atom stereocenters. The molecule has 6 nitrogen and oxygen atoms in total. The van der Waals surface area contributed by atoms with E-state index >= 15 is 0 Å². The van der Waals surface area contributed by atoms with Crippen molar-refractivity contribution in [3.05, 3.63) is 12.2 Å². The highest BCUT2D eigenvalue weighted by atomic mass is 16.6. The largest absolute Gasteiger partial charge is 0.393 e. The van der Waals surface area contributed by atoms with Gasteiger partial charge in [0.25, 0.3) is 0 Å². The molecule has 6 heteroatoms. The first-order chi connectivity index (χ1) is 9.31.